The normalized spacial score (nSPS) is 21.2. The van der Waals surface area contributed by atoms with Crippen LogP contribution < -0.4 is 4.90 Å². The molecule has 1 fully saturated rings. The van der Waals surface area contributed by atoms with Crippen LogP contribution in [0.15, 0.2) is 12.1 Å². The van der Waals surface area contributed by atoms with Crippen molar-refractivity contribution in [3.8, 4) is 0 Å². The molecular formula is C13H19ClN2. The minimum absolute atomic E-state index is 0.568. The van der Waals surface area contributed by atoms with Crippen LogP contribution in [0.1, 0.15) is 37.4 Å². The van der Waals surface area contributed by atoms with Crippen molar-refractivity contribution in [2.24, 2.45) is 0 Å². The first-order chi connectivity index (χ1) is 7.70. The highest BCUT2D eigenvalue weighted by atomic mass is 35.5. The first kappa shape index (κ1) is 11.7. The Labute approximate surface area is 103 Å². The van der Waals surface area contributed by atoms with Crippen LogP contribution in [0.5, 0.6) is 0 Å². The van der Waals surface area contributed by atoms with Gasteiger partial charge in [-0.25, -0.2) is 4.98 Å². The quantitative estimate of drug-likeness (QED) is 0.733. The minimum atomic E-state index is 0.568. The predicted octanol–water partition coefficient (Wildman–Crippen LogP) is 3.51. The second-order valence-corrected chi connectivity index (χ2v) is 4.91. The molecule has 16 heavy (non-hydrogen) atoms. The number of hydrogen-bond donors (Lipinski definition) is 0. The second-order valence-electron chi connectivity index (χ2n) is 4.65. The van der Waals surface area contributed by atoms with Gasteiger partial charge in [0.05, 0.1) is 0 Å². The molecule has 3 heteroatoms. The maximum atomic E-state index is 5.90. The van der Waals surface area contributed by atoms with Crippen molar-refractivity contribution in [3.05, 3.63) is 23.4 Å². The molecule has 0 radical (unpaired) electrons. The van der Waals surface area contributed by atoms with Crippen molar-refractivity contribution in [1.29, 1.82) is 0 Å². The molecule has 0 bridgehead atoms. The molecule has 0 aromatic carbocycles. The third kappa shape index (κ3) is 2.49. The number of aromatic nitrogens is 1. The number of piperidine rings is 1. The largest absolute Gasteiger partial charge is 0.354 e. The topological polar surface area (TPSA) is 16.1 Å². The van der Waals surface area contributed by atoms with Gasteiger partial charge in [-0.2, -0.15) is 0 Å². The van der Waals surface area contributed by atoms with Crippen molar-refractivity contribution in [3.63, 3.8) is 0 Å². The lowest BCUT2D eigenvalue weighted by atomic mass is 10.0. The van der Waals surface area contributed by atoms with E-state index in [9.17, 15) is 0 Å². The molecule has 0 amide bonds. The Hall–Kier alpha value is -0.760. The Morgan fingerprint density at radius 2 is 2.25 bits per heavy atom. The molecule has 0 spiro atoms. The Morgan fingerprint density at radius 3 is 2.94 bits per heavy atom. The van der Waals surface area contributed by atoms with Gasteiger partial charge in [0.1, 0.15) is 5.82 Å². The summed E-state index contributed by atoms with van der Waals surface area (Å²) >= 11 is 5.90. The summed E-state index contributed by atoms with van der Waals surface area (Å²) in [6.07, 6.45) is 3.88. The number of alkyl halides is 1. The highest BCUT2D eigenvalue weighted by molar-refractivity contribution is 6.17. The van der Waals surface area contributed by atoms with Crippen LogP contribution in [0.25, 0.3) is 0 Å². The predicted molar refractivity (Wildman–Crippen MR) is 69.2 cm³/mol. The molecule has 2 rings (SSSR count). The van der Waals surface area contributed by atoms with E-state index in [1.54, 1.807) is 0 Å². The highest BCUT2D eigenvalue weighted by Crippen LogP contribution is 2.24. The van der Waals surface area contributed by atoms with Gasteiger partial charge in [0, 0.05) is 24.2 Å². The third-order valence-electron chi connectivity index (χ3n) is 3.25. The summed E-state index contributed by atoms with van der Waals surface area (Å²) in [7, 11) is 0. The van der Waals surface area contributed by atoms with Gasteiger partial charge in [-0.05, 0) is 50.8 Å². The van der Waals surface area contributed by atoms with Crippen molar-refractivity contribution < 1.29 is 0 Å². The first-order valence-electron chi connectivity index (χ1n) is 6.01. The van der Waals surface area contributed by atoms with Crippen molar-refractivity contribution in [2.45, 2.75) is 45.0 Å². The fourth-order valence-electron chi connectivity index (χ4n) is 2.38. The minimum Gasteiger partial charge on any atom is -0.354 e. The molecule has 1 aliphatic rings. The molecule has 2 heterocycles. The zero-order valence-corrected chi connectivity index (χ0v) is 10.8. The van der Waals surface area contributed by atoms with E-state index in [0.29, 0.717) is 11.9 Å². The summed E-state index contributed by atoms with van der Waals surface area (Å²) < 4.78 is 0. The number of rotatable bonds is 2. The second kappa shape index (κ2) is 5.05. The van der Waals surface area contributed by atoms with Gasteiger partial charge in [-0.15, -0.1) is 11.6 Å². The summed E-state index contributed by atoms with van der Waals surface area (Å²) in [6.45, 7) is 5.44. The van der Waals surface area contributed by atoms with Crippen LogP contribution in [0.3, 0.4) is 0 Å². The molecule has 1 aliphatic heterocycles. The van der Waals surface area contributed by atoms with Gasteiger partial charge in [-0.3, -0.25) is 0 Å². The lowest BCUT2D eigenvalue weighted by molar-refractivity contribution is 0.481. The smallest absolute Gasteiger partial charge is 0.129 e. The van der Waals surface area contributed by atoms with E-state index in [-0.39, 0.29) is 0 Å². The van der Waals surface area contributed by atoms with E-state index < -0.39 is 0 Å². The fraction of sp³-hybridized carbons (Fsp3) is 0.615. The molecule has 0 N–H and O–H groups in total. The van der Waals surface area contributed by atoms with E-state index >= 15 is 0 Å². The average Bonchev–Trinajstić information content (AvgIpc) is 2.28. The van der Waals surface area contributed by atoms with Gasteiger partial charge >= 0.3 is 0 Å². The van der Waals surface area contributed by atoms with Crippen LogP contribution >= 0.6 is 11.6 Å². The maximum Gasteiger partial charge on any atom is 0.129 e. The molecule has 0 aliphatic carbocycles. The fourth-order valence-corrected chi connectivity index (χ4v) is 2.54. The lowest BCUT2D eigenvalue weighted by Crippen LogP contribution is -2.38. The van der Waals surface area contributed by atoms with E-state index in [1.165, 1.54) is 24.8 Å². The van der Waals surface area contributed by atoms with Crippen LogP contribution in [-0.2, 0) is 5.88 Å². The SMILES string of the molecule is Cc1cc(CCl)cc(N2CCCCC2C)n1. The van der Waals surface area contributed by atoms with E-state index in [1.807, 2.05) is 6.92 Å². The summed E-state index contributed by atoms with van der Waals surface area (Å²) in [5.41, 5.74) is 2.23. The molecule has 88 valence electrons. The monoisotopic (exact) mass is 238 g/mol. The Morgan fingerprint density at radius 1 is 1.44 bits per heavy atom. The van der Waals surface area contributed by atoms with E-state index in [4.69, 9.17) is 11.6 Å². The number of hydrogen-bond acceptors (Lipinski definition) is 2. The van der Waals surface area contributed by atoms with E-state index in [2.05, 4.69) is 28.9 Å². The zero-order valence-electron chi connectivity index (χ0n) is 10.0. The lowest BCUT2D eigenvalue weighted by Gasteiger charge is -2.34. The van der Waals surface area contributed by atoms with Crippen LogP contribution in [0, 0.1) is 6.92 Å². The molecule has 1 aromatic heterocycles. The van der Waals surface area contributed by atoms with E-state index in [0.717, 1.165) is 18.1 Å². The van der Waals surface area contributed by atoms with Gasteiger partial charge in [0.25, 0.3) is 0 Å². The van der Waals surface area contributed by atoms with Crippen molar-refractivity contribution in [2.75, 3.05) is 11.4 Å². The van der Waals surface area contributed by atoms with Gasteiger partial charge < -0.3 is 4.90 Å². The van der Waals surface area contributed by atoms with Crippen LogP contribution in [-0.4, -0.2) is 17.6 Å². The van der Waals surface area contributed by atoms with Gasteiger partial charge in [-0.1, -0.05) is 0 Å². The maximum absolute atomic E-state index is 5.90. The molecular weight excluding hydrogens is 220 g/mol. The summed E-state index contributed by atoms with van der Waals surface area (Å²) in [6, 6.07) is 4.79. The van der Waals surface area contributed by atoms with Crippen molar-refractivity contribution in [1.82, 2.24) is 4.98 Å². The summed E-state index contributed by atoms with van der Waals surface area (Å²) in [5, 5.41) is 0. The standard InChI is InChI=1S/C13H19ClN2/c1-10-7-12(9-14)8-13(15-10)16-6-4-3-5-11(16)2/h7-8,11H,3-6,9H2,1-2H3. The van der Waals surface area contributed by atoms with Gasteiger partial charge in [0.15, 0.2) is 0 Å². The number of anilines is 1. The number of aryl methyl sites for hydroxylation is 1. The van der Waals surface area contributed by atoms with Crippen LogP contribution in [0.2, 0.25) is 0 Å². The summed E-state index contributed by atoms with van der Waals surface area (Å²) in [5.74, 6) is 1.67. The molecule has 2 nitrogen and oxygen atoms in total. The highest BCUT2D eigenvalue weighted by Gasteiger charge is 2.19. The molecule has 1 atom stereocenters. The molecule has 1 aromatic rings. The number of nitrogens with zero attached hydrogens (tertiary/aromatic N) is 2. The molecule has 0 saturated carbocycles. The van der Waals surface area contributed by atoms with Crippen molar-refractivity contribution >= 4 is 17.4 Å². The molecule has 1 unspecified atom stereocenters. The number of halogens is 1. The third-order valence-corrected chi connectivity index (χ3v) is 3.56. The molecule has 1 saturated heterocycles. The van der Waals surface area contributed by atoms with Crippen LogP contribution in [0.4, 0.5) is 5.82 Å². The Kier molecular flexibility index (Phi) is 3.70. The summed E-state index contributed by atoms with van der Waals surface area (Å²) in [4.78, 5) is 7.03. The first-order valence-corrected chi connectivity index (χ1v) is 6.54. The van der Waals surface area contributed by atoms with Gasteiger partial charge in [0.2, 0.25) is 0 Å². The Bertz CT molecular complexity index is 365. The Balaban J connectivity index is 2.27. The average molecular weight is 239 g/mol. The zero-order chi connectivity index (χ0) is 11.5. The number of pyridine rings is 1.